The molecule has 0 aromatic carbocycles. The molecule has 4 nitrogen and oxygen atoms in total. The summed E-state index contributed by atoms with van der Waals surface area (Å²) in [7, 11) is 0. The van der Waals surface area contributed by atoms with E-state index in [1.807, 2.05) is 0 Å². The molecule has 62 valence electrons. The van der Waals surface area contributed by atoms with E-state index < -0.39 is 0 Å². The molecule has 0 spiro atoms. The van der Waals surface area contributed by atoms with Crippen molar-refractivity contribution in [2.24, 2.45) is 4.99 Å². The highest BCUT2D eigenvalue weighted by atomic mass is 16.3. The Morgan fingerprint density at radius 3 is 3.17 bits per heavy atom. The van der Waals surface area contributed by atoms with Gasteiger partial charge >= 0.3 is 0 Å². The van der Waals surface area contributed by atoms with Gasteiger partial charge in [-0.3, -0.25) is 4.79 Å². The Balaban J connectivity index is 2.33. The summed E-state index contributed by atoms with van der Waals surface area (Å²) < 4.78 is 0. The molecular formula is C8H8N2O2. The monoisotopic (exact) mass is 164 g/mol. The van der Waals surface area contributed by atoms with Gasteiger partial charge in [0.1, 0.15) is 5.84 Å². The normalized spacial score (nSPS) is 26.1. The minimum absolute atomic E-state index is 0.0181. The number of aliphatic hydroxyl groups excluding tert-OH is 1. The molecule has 0 radical (unpaired) electrons. The number of hydrogen-bond acceptors (Lipinski definition) is 4. The molecule has 0 fully saturated rings. The number of carbonyl (C=O) groups is 1. The lowest BCUT2D eigenvalue weighted by atomic mass is 10.1. The van der Waals surface area contributed by atoms with Crippen molar-refractivity contribution in [1.29, 1.82) is 0 Å². The summed E-state index contributed by atoms with van der Waals surface area (Å²) in [5.41, 5.74) is 0.566. The van der Waals surface area contributed by atoms with Gasteiger partial charge in [-0.15, -0.1) is 0 Å². The molecule has 0 aromatic rings. The van der Waals surface area contributed by atoms with Crippen LogP contribution in [-0.2, 0) is 4.79 Å². The van der Waals surface area contributed by atoms with Crippen molar-refractivity contribution < 1.29 is 9.90 Å². The van der Waals surface area contributed by atoms with E-state index in [0.29, 0.717) is 11.4 Å². The molecule has 12 heavy (non-hydrogen) atoms. The molecule has 0 saturated heterocycles. The summed E-state index contributed by atoms with van der Waals surface area (Å²) in [4.78, 5) is 15.1. The zero-order valence-corrected chi connectivity index (χ0v) is 6.32. The van der Waals surface area contributed by atoms with Crippen LogP contribution < -0.4 is 5.32 Å². The smallest absolute Gasteiger partial charge is 0.190 e. The maximum absolute atomic E-state index is 11.2. The van der Waals surface area contributed by atoms with Crippen LogP contribution in [0, 0.1) is 0 Å². The first-order valence-corrected chi connectivity index (χ1v) is 3.69. The molecule has 1 unspecified atom stereocenters. The standard InChI is InChI=1S/C8H8N2O2/c11-4-5-3-6-7(12)1-2-9-8(6)10-5/h1-3,5,11H,4H2,(H,9,10). The summed E-state index contributed by atoms with van der Waals surface area (Å²) >= 11 is 0. The number of nitrogens with one attached hydrogen (secondary N) is 1. The average molecular weight is 164 g/mol. The second-order valence-corrected chi connectivity index (χ2v) is 2.67. The third-order valence-electron chi connectivity index (χ3n) is 1.84. The van der Waals surface area contributed by atoms with Gasteiger partial charge in [0.15, 0.2) is 5.78 Å². The minimum Gasteiger partial charge on any atom is -0.394 e. The molecule has 2 heterocycles. The third kappa shape index (κ3) is 0.967. The summed E-state index contributed by atoms with van der Waals surface area (Å²) in [5.74, 6) is 0.519. The number of aliphatic imine (C=N–C) groups is 1. The topological polar surface area (TPSA) is 61.7 Å². The van der Waals surface area contributed by atoms with Gasteiger partial charge in [-0.25, -0.2) is 4.99 Å². The fourth-order valence-electron chi connectivity index (χ4n) is 1.25. The number of ketones is 1. The molecule has 2 aliphatic heterocycles. The molecule has 0 aliphatic carbocycles. The van der Waals surface area contributed by atoms with Crippen LogP contribution in [0.25, 0.3) is 0 Å². The first-order chi connectivity index (χ1) is 5.81. The Bertz CT molecular complexity index is 315. The Labute approximate surface area is 69.3 Å². The van der Waals surface area contributed by atoms with Gasteiger partial charge in [0.25, 0.3) is 0 Å². The quantitative estimate of drug-likeness (QED) is 0.542. The molecular weight excluding hydrogens is 156 g/mol. The van der Waals surface area contributed by atoms with Crippen molar-refractivity contribution in [3.8, 4) is 0 Å². The fourth-order valence-corrected chi connectivity index (χ4v) is 1.25. The number of hydrogen-bond donors (Lipinski definition) is 2. The first kappa shape index (κ1) is 7.24. The number of nitrogens with zero attached hydrogens (tertiary/aromatic N) is 1. The van der Waals surface area contributed by atoms with Crippen molar-refractivity contribution >= 4 is 11.6 Å². The highest BCUT2D eigenvalue weighted by molar-refractivity contribution is 6.27. The van der Waals surface area contributed by atoms with Crippen molar-refractivity contribution in [2.75, 3.05) is 6.61 Å². The highest BCUT2D eigenvalue weighted by Gasteiger charge is 2.25. The van der Waals surface area contributed by atoms with Crippen molar-refractivity contribution in [3.05, 3.63) is 23.9 Å². The summed E-state index contributed by atoms with van der Waals surface area (Å²) in [6.45, 7) is -0.0181. The molecule has 0 aromatic heterocycles. The summed E-state index contributed by atoms with van der Waals surface area (Å²) in [6, 6.07) is -0.164. The van der Waals surface area contributed by atoms with Crippen molar-refractivity contribution in [2.45, 2.75) is 6.04 Å². The largest absolute Gasteiger partial charge is 0.394 e. The number of carbonyl (C=O) groups excluding carboxylic acids is 1. The lowest BCUT2D eigenvalue weighted by Gasteiger charge is -2.06. The van der Waals surface area contributed by atoms with Crippen molar-refractivity contribution in [1.82, 2.24) is 5.32 Å². The SMILES string of the molecule is O=C1C=CN=C2NC(CO)C=C12. The Morgan fingerprint density at radius 1 is 1.67 bits per heavy atom. The second kappa shape index (κ2) is 2.57. The van der Waals surface area contributed by atoms with Crippen molar-refractivity contribution in [3.63, 3.8) is 0 Å². The zero-order chi connectivity index (χ0) is 8.55. The Kier molecular flexibility index (Phi) is 1.55. The molecule has 1 atom stereocenters. The third-order valence-corrected chi connectivity index (χ3v) is 1.84. The van der Waals surface area contributed by atoms with Gasteiger partial charge in [0, 0.05) is 12.3 Å². The van der Waals surface area contributed by atoms with Crippen LogP contribution in [0.1, 0.15) is 0 Å². The molecule has 2 N–H and O–H groups in total. The van der Waals surface area contributed by atoms with Gasteiger partial charge in [-0.2, -0.15) is 0 Å². The molecule has 2 aliphatic rings. The Morgan fingerprint density at radius 2 is 2.50 bits per heavy atom. The van der Waals surface area contributed by atoms with Crippen LogP contribution in [0.15, 0.2) is 28.9 Å². The van der Waals surface area contributed by atoms with E-state index in [1.165, 1.54) is 12.3 Å². The zero-order valence-electron chi connectivity index (χ0n) is 6.32. The predicted octanol–water partition coefficient (Wildman–Crippen LogP) is -0.628. The number of allylic oxidation sites excluding steroid dienone is 1. The fraction of sp³-hybridized carbons (Fsp3) is 0.250. The lowest BCUT2D eigenvalue weighted by molar-refractivity contribution is -0.110. The van der Waals surface area contributed by atoms with E-state index in [9.17, 15) is 4.79 Å². The first-order valence-electron chi connectivity index (χ1n) is 3.69. The molecule has 2 rings (SSSR count). The highest BCUT2D eigenvalue weighted by Crippen LogP contribution is 2.13. The molecule has 0 amide bonds. The number of aliphatic hydroxyl groups is 1. The number of rotatable bonds is 1. The van der Waals surface area contributed by atoms with E-state index in [1.54, 1.807) is 6.08 Å². The van der Waals surface area contributed by atoms with E-state index >= 15 is 0 Å². The minimum atomic E-state index is -0.164. The van der Waals surface area contributed by atoms with Gasteiger partial charge in [-0.05, 0) is 6.08 Å². The lowest BCUT2D eigenvalue weighted by Crippen LogP contribution is -2.31. The van der Waals surface area contributed by atoms with Crippen LogP contribution in [-0.4, -0.2) is 29.4 Å². The van der Waals surface area contributed by atoms with Crippen LogP contribution in [0.5, 0.6) is 0 Å². The van der Waals surface area contributed by atoms with E-state index in [2.05, 4.69) is 10.3 Å². The van der Waals surface area contributed by atoms with E-state index in [0.717, 1.165) is 0 Å². The maximum Gasteiger partial charge on any atom is 0.190 e. The number of amidine groups is 1. The Hall–Kier alpha value is -1.42. The summed E-state index contributed by atoms with van der Waals surface area (Å²) in [6.07, 6.45) is 4.57. The molecule has 0 bridgehead atoms. The van der Waals surface area contributed by atoms with E-state index in [4.69, 9.17) is 5.11 Å². The van der Waals surface area contributed by atoms with Gasteiger partial charge in [0.2, 0.25) is 0 Å². The maximum atomic E-state index is 11.2. The van der Waals surface area contributed by atoms with Crippen LogP contribution in [0.2, 0.25) is 0 Å². The van der Waals surface area contributed by atoms with Gasteiger partial charge in [-0.1, -0.05) is 0 Å². The molecule has 4 heteroatoms. The number of fused-ring (bicyclic) bond motifs is 1. The molecule has 0 saturated carbocycles. The predicted molar refractivity (Wildman–Crippen MR) is 43.7 cm³/mol. The van der Waals surface area contributed by atoms with Crippen LogP contribution in [0.4, 0.5) is 0 Å². The van der Waals surface area contributed by atoms with E-state index in [-0.39, 0.29) is 18.4 Å². The van der Waals surface area contributed by atoms with Gasteiger partial charge < -0.3 is 10.4 Å². The average Bonchev–Trinajstić information content (AvgIpc) is 2.49. The summed E-state index contributed by atoms with van der Waals surface area (Å²) in [5, 5.41) is 11.7. The second-order valence-electron chi connectivity index (χ2n) is 2.67. The van der Waals surface area contributed by atoms with Gasteiger partial charge in [0.05, 0.1) is 18.2 Å². The van der Waals surface area contributed by atoms with Crippen LogP contribution >= 0.6 is 0 Å². The van der Waals surface area contributed by atoms with Crippen LogP contribution in [0.3, 0.4) is 0 Å².